The average molecular weight is 307 g/mol. The Morgan fingerprint density at radius 1 is 1.22 bits per heavy atom. The van der Waals surface area contributed by atoms with E-state index in [2.05, 4.69) is 5.43 Å². The lowest BCUT2D eigenvalue weighted by Gasteiger charge is -2.03. The van der Waals surface area contributed by atoms with Crippen molar-refractivity contribution < 1.29 is 4.79 Å². The van der Waals surface area contributed by atoms with E-state index in [0.717, 1.165) is 29.9 Å². The minimum atomic E-state index is -0.105. The fourth-order valence-electron chi connectivity index (χ4n) is 1.39. The van der Waals surface area contributed by atoms with Gasteiger partial charge in [0, 0.05) is 11.3 Å². The van der Waals surface area contributed by atoms with Gasteiger partial charge < -0.3 is 0 Å². The van der Waals surface area contributed by atoms with Gasteiger partial charge >= 0.3 is 0 Å². The first-order valence-corrected chi connectivity index (χ1v) is 7.45. The molecule has 0 unspecified atom stereocenters. The molecular formula is C12H16Cl2N2OS. The number of hydrazine groups is 1. The maximum absolute atomic E-state index is 10.9. The molecule has 100 valence electrons. The van der Waals surface area contributed by atoms with Crippen LogP contribution in [0.4, 0.5) is 0 Å². The molecule has 3 nitrogen and oxygen atoms in total. The molecule has 3 N–H and O–H groups in total. The molecule has 0 atom stereocenters. The topological polar surface area (TPSA) is 55.1 Å². The zero-order valence-electron chi connectivity index (χ0n) is 9.92. The largest absolute Gasteiger partial charge is 0.294 e. The first kappa shape index (κ1) is 15.6. The van der Waals surface area contributed by atoms with Gasteiger partial charge in [-0.05, 0) is 36.8 Å². The summed E-state index contributed by atoms with van der Waals surface area (Å²) in [4.78, 5) is 12.0. The number of carbonyl (C=O) groups excluding carboxylic acids is 1. The van der Waals surface area contributed by atoms with Crippen molar-refractivity contribution in [3.8, 4) is 0 Å². The van der Waals surface area contributed by atoms with Crippen LogP contribution in [0.5, 0.6) is 0 Å². The van der Waals surface area contributed by atoms with Crippen LogP contribution in [0, 0.1) is 0 Å². The summed E-state index contributed by atoms with van der Waals surface area (Å²) < 4.78 is 0. The third-order valence-corrected chi connectivity index (χ3v) is 4.19. The molecule has 0 aliphatic carbocycles. The Kier molecular flexibility index (Phi) is 7.51. The molecular weight excluding hydrogens is 291 g/mol. The molecule has 0 saturated carbocycles. The fourth-order valence-corrected chi connectivity index (χ4v) is 2.71. The van der Waals surface area contributed by atoms with Crippen LogP contribution in [0.15, 0.2) is 23.1 Å². The molecule has 18 heavy (non-hydrogen) atoms. The summed E-state index contributed by atoms with van der Waals surface area (Å²) in [5.74, 6) is 5.89. The molecule has 1 aromatic rings. The number of hydrogen-bond acceptors (Lipinski definition) is 3. The summed E-state index contributed by atoms with van der Waals surface area (Å²) in [6, 6.07) is 5.63. The van der Waals surface area contributed by atoms with Gasteiger partial charge in [0.2, 0.25) is 5.91 Å². The van der Waals surface area contributed by atoms with Crippen molar-refractivity contribution in [3.05, 3.63) is 28.2 Å². The van der Waals surface area contributed by atoms with Gasteiger partial charge in [-0.2, -0.15) is 0 Å². The molecule has 1 amide bonds. The second-order valence-corrected chi connectivity index (χ2v) is 5.79. The molecule has 0 heterocycles. The number of benzene rings is 1. The van der Waals surface area contributed by atoms with Crippen LogP contribution in [-0.2, 0) is 4.79 Å². The van der Waals surface area contributed by atoms with E-state index in [-0.39, 0.29) is 5.91 Å². The van der Waals surface area contributed by atoms with E-state index < -0.39 is 0 Å². The van der Waals surface area contributed by atoms with E-state index in [0.29, 0.717) is 16.5 Å². The normalized spacial score (nSPS) is 10.4. The maximum Gasteiger partial charge on any atom is 0.233 e. The highest BCUT2D eigenvalue weighted by molar-refractivity contribution is 7.99. The third-order valence-electron chi connectivity index (χ3n) is 2.37. The molecule has 0 saturated heterocycles. The summed E-state index contributed by atoms with van der Waals surface area (Å²) in [5, 5.41) is 1.16. The second kappa shape index (κ2) is 8.64. The summed E-state index contributed by atoms with van der Waals surface area (Å²) >= 11 is 13.5. The van der Waals surface area contributed by atoms with Crippen LogP contribution in [0.1, 0.15) is 25.7 Å². The lowest BCUT2D eigenvalue weighted by molar-refractivity contribution is -0.121. The highest BCUT2D eigenvalue weighted by Crippen LogP contribution is 2.28. The summed E-state index contributed by atoms with van der Waals surface area (Å²) in [5.41, 5.74) is 2.12. The van der Waals surface area contributed by atoms with Crippen LogP contribution in [-0.4, -0.2) is 11.7 Å². The van der Waals surface area contributed by atoms with Crippen molar-refractivity contribution in [1.29, 1.82) is 0 Å². The van der Waals surface area contributed by atoms with Crippen molar-refractivity contribution >= 4 is 40.9 Å². The Morgan fingerprint density at radius 3 is 2.67 bits per heavy atom. The van der Waals surface area contributed by atoms with Crippen LogP contribution >= 0.6 is 35.0 Å². The fraction of sp³-hybridized carbons (Fsp3) is 0.417. The predicted molar refractivity (Wildman–Crippen MR) is 78.0 cm³/mol. The Bertz CT molecular complexity index is 402. The van der Waals surface area contributed by atoms with Crippen LogP contribution in [0.2, 0.25) is 10.0 Å². The first-order valence-electron chi connectivity index (χ1n) is 5.71. The number of unbranched alkanes of at least 4 members (excludes halogenated alkanes) is 2. The number of hydrogen-bond donors (Lipinski definition) is 2. The van der Waals surface area contributed by atoms with Gasteiger partial charge in [0.05, 0.1) is 10.0 Å². The highest BCUT2D eigenvalue weighted by Gasteiger charge is 2.01. The number of nitrogens with two attached hydrogens (primary N) is 1. The van der Waals surface area contributed by atoms with Gasteiger partial charge in [-0.1, -0.05) is 29.6 Å². The SMILES string of the molecule is NNC(=O)CCCCCSc1ccc(Cl)c(Cl)c1. The van der Waals surface area contributed by atoms with Gasteiger partial charge in [0.15, 0.2) is 0 Å². The zero-order valence-corrected chi connectivity index (χ0v) is 12.2. The Morgan fingerprint density at radius 2 is 2.00 bits per heavy atom. The van der Waals surface area contributed by atoms with Gasteiger partial charge in [-0.15, -0.1) is 11.8 Å². The summed E-state index contributed by atoms with van der Waals surface area (Å²) in [7, 11) is 0. The minimum Gasteiger partial charge on any atom is -0.294 e. The van der Waals surface area contributed by atoms with E-state index >= 15 is 0 Å². The molecule has 0 bridgehead atoms. The van der Waals surface area contributed by atoms with Crippen molar-refractivity contribution in [2.45, 2.75) is 30.6 Å². The number of carbonyl (C=O) groups is 1. The van der Waals surface area contributed by atoms with E-state index in [1.807, 2.05) is 12.1 Å². The van der Waals surface area contributed by atoms with Gasteiger partial charge in [-0.3, -0.25) is 10.2 Å². The predicted octanol–water partition coefficient (Wildman–Crippen LogP) is 3.64. The van der Waals surface area contributed by atoms with Crippen molar-refractivity contribution in [2.24, 2.45) is 5.84 Å². The molecule has 0 radical (unpaired) electrons. The van der Waals surface area contributed by atoms with Crippen LogP contribution in [0.3, 0.4) is 0 Å². The van der Waals surface area contributed by atoms with Gasteiger partial charge in [0.25, 0.3) is 0 Å². The highest BCUT2D eigenvalue weighted by atomic mass is 35.5. The van der Waals surface area contributed by atoms with Crippen LogP contribution < -0.4 is 11.3 Å². The molecule has 1 aromatic carbocycles. The van der Waals surface area contributed by atoms with Crippen molar-refractivity contribution in [3.63, 3.8) is 0 Å². The second-order valence-electron chi connectivity index (χ2n) is 3.80. The summed E-state index contributed by atoms with van der Waals surface area (Å²) in [6.45, 7) is 0. The lowest BCUT2D eigenvalue weighted by atomic mass is 10.2. The molecule has 6 heteroatoms. The van der Waals surface area contributed by atoms with E-state index in [9.17, 15) is 4.79 Å². The Labute approximate surface area is 121 Å². The van der Waals surface area contributed by atoms with Crippen molar-refractivity contribution in [2.75, 3.05) is 5.75 Å². The number of halogens is 2. The minimum absolute atomic E-state index is 0.105. The monoisotopic (exact) mass is 306 g/mol. The summed E-state index contributed by atoms with van der Waals surface area (Å²) in [6.07, 6.45) is 3.43. The molecule has 0 aromatic heterocycles. The number of thioether (sulfide) groups is 1. The third kappa shape index (κ3) is 5.96. The zero-order chi connectivity index (χ0) is 13.4. The van der Waals surface area contributed by atoms with E-state index in [1.165, 1.54) is 0 Å². The number of rotatable bonds is 7. The standard InChI is InChI=1S/C12H16Cl2N2OS/c13-10-6-5-9(8-11(10)14)18-7-3-1-2-4-12(17)16-15/h5-6,8H,1-4,7,15H2,(H,16,17). The van der Waals surface area contributed by atoms with E-state index in [1.54, 1.807) is 17.8 Å². The maximum atomic E-state index is 10.9. The Hall–Kier alpha value is -0.420. The molecule has 0 aliphatic heterocycles. The molecule has 0 aliphatic rings. The van der Waals surface area contributed by atoms with Gasteiger partial charge in [0.1, 0.15) is 0 Å². The van der Waals surface area contributed by atoms with Crippen LogP contribution in [0.25, 0.3) is 0 Å². The molecule has 0 fully saturated rings. The average Bonchev–Trinajstić information content (AvgIpc) is 2.37. The smallest absolute Gasteiger partial charge is 0.233 e. The van der Waals surface area contributed by atoms with Crippen molar-refractivity contribution in [1.82, 2.24) is 5.43 Å². The Balaban J connectivity index is 2.14. The quantitative estimate of drug-likeness (QED) is 0.266. The molecule has 0 spiro atoms. The molecule has 1 rings (SSSR count). The lowest BCUT2D eigenvalue weighted by Crippen LogP contribution is -2.29. The number of amides is 1. The van der Waals surface area contributed by atoms with E-state index in [4.69, 9.17) is 29.0 Å². The first-order chi connectivity index (χ1) is 8.63. The van der Waals surface area contributed by atoms with Gasteiger partial charge in [-0.25, -0.2) is 5.84 Å². The number of nitrogens with one attached hydrogen (secondary N) is 1.